The molecule has 7 heteroatoms. The number of rotatable bonds is 5. The number of anilines is 3. The molecule has 1 amide bonds. The average molecular weight is 412 g/mol. The number of pyridine rings is 1. The van der Waals surface area contributed by atoms with Gasteiger partial charge in [-0.25, -0.2) is 15.0 Å². The Morgan fingerprint density at radius 2 is 1.77 bits per heavy atom. The maximum atomic E-state index is 12.5. The number of carbonyl (C=O) groups is 1. The van der Waals surface area contributed by atoms with Gasteiger partial charge in [-0.1, -0.05) is 24.3 Å². The Morgan fingerprint density at radius 1 is 1.00 bits per heavy atom. The minimum atomic E-state index is -0.0537. The lowest BCUT2D eigenvalue weighted by atomic mass is 10.1. The van der Waals surface area contributed by atoms with Crippen LogP contribution < -0.4 is 10.2 Å². The van der Waals surface area contributed by atoms with Gasteiger partial charge in [0.15, 0.2) is 5.82 Å². The monoisotopic (exact) mass is 412 g/mol. The lowest BCUT2D eigenvalue weighted by molar-refractivity contribution is 0.0827. The van der Waals surface area contributed by atoms with Gasteiger partial charge in [-0.3, -0.25) is 4.79 Å². The Labute approximate surface area is 180 Å². The summed E-state index contributed by atoms with van der Waals surface area (Å²) in [5, 5.41) is 5.21. The van der Waals surface area contributed by atoms with Crippen molar-refractivity contribution in [3.63, 3.8) is 0 Å². The number of nitrogens with zero attached hydrogens (tertiary/aromatic N) is 5. The molecule has 1 aliphatic rings. The Kier molecular flexibility index (Phi) is 4.66. The van der Waals surface area contributed by atoms with Gasteiger partial charge in [-0.05, 0) is 37.1 Å². The van der Waals surface area contributed by atoms with Crippen molar-refractivity contribution in [3.05, 3.63) is 60.3 Å². The van der Waals surface area contributed by atoms with Crippen LogP contribution in [0.2, 0.25) is 0 Å². The molecule has 156 valence electrons. The summed E-state index contributed by atoms with van der Waals surface area (Å²) < 4.78 is 0. The van der Waals surface area contributed by atoms with Crippen LogP contribution in [-0.2, 0) is 0 Å². The molecular formula is C24H24N6O. The van der Waals surface area contributed by atoms with E-state index in [0.29, 0.717) is 17.6 Å². The highest BCUT2D eigenvalue weighted by Gasteiger charge is 2.23. The average Bonchev–Trinajstić information content (AvgIpc) is 3.61. The summed E-state index contributed by atoms with van der Waals surface area (Å²) in [4.78, 5) is 30.4. The molecule has 2 aromatic carbocycles. The molecule has 0 unspecified atom stereocenters. The van der Waals surface area contributed by atoms with Crippen molar-refractivity contribution < 1.29 is 4.79 Å². The van der Waals surface area contributed by atoms with E-state index >= 15 is 0 Å². The molecule has 0 atom stereocenters. The van der Waals surface area contributed by atoms with Crippen molar-refractivity contribution in [1.29, 1.82) is 0 Å². The van der Waals surface area contributed by atoms with Gasteiger partial charge in [0.25, 0.3) is 5.91 Å². The molecule has 5 rings (SSSR count). The van der Waals surface area contributed by atoms with Crippen LogP contribution in [-0.4, -0.2) is 52.9 Å². The fraction of sp³-hybridized carbons (Fsp3) is 0.250. The second-order valence-electron chi connectivity index (χ2n) is 8.14. The van der Waals surface area contributed by atoms with Gasteiger partial charge in [0.05, 0.1) is 5.52 Å². The fourth-order valence-corrected chi connectivity index (χ4v) is 3.65. The van der Waals surface area contributed by atoms with E-state index in [1.54, 1.807) is 19.0 Å². The summed E-state index contributed by atoms with van der Waals surface area (Å²) in [5.41, 5.74) is 3.13. The number of fused-ring (bicyclic) bond motifs is 3. The Morgan fingerprint density at radius 3 is 2.48 bits per heavy atom. The molecule has 1 N–H and O–H groups in total. The van der Waals surface area contributed by atoms with E-state index in [2.05, 4.69) is 10.3 Å². The highest BCUT2D eigenvalue weighted by atomic mass is 16.2. The van der Waals surface area contributed by atoms with Crippen molar-refractivity contribution in [3.8, 4) is 0 Å². The molecule has 1 saturated carbocycles. The minimum Gasteiger partial charge on any atom is -0.351 e. The van der Waals surface area contributed by atoms with Crippen molar-refractivity contribution >= 4 is 45.2 Å². The van der Waals surface area contributed by atoms with Crippen molar-refractivity contribution in [2.45, 2.75) is 18.9 Å². The quantitative estimate of drug-likeness (QED) is 0.495. The summed E-state index contributed by atoms with van der Waals surface area (Å²) >= 11 is 0. The Hall–Kier alpha value is -3.74. The first-order valence-corrected chi connectivity index (χ1v) is 10.4. The molecule has 1 aliphatic carbocycles. The highest BCUT2D eigenvalue weighted by Crippen LogP contribution is 2.34. The lowest BCUT2D eigenvalue weighted by Crippen LogP contribution is -2.21. The number of amides is 1. The summed E-state index contributed by atoms with van der Waals surface area (Å²) in [6.45, 7) is 0. The number of hydrogen-bond donors (Lipinski definition) is 1. The summed E-state index contributed by atoms with van der Waals surface area (Å²) in [7, 11) is 5.47. The number of carbonyl (C=O) groups excluding carboxylic acids is 1. The SMILES string of the molecule is CN(C)C(=O)c1ccc2c(c1)nc(N(C)c1ccccc1)c1nc(NC3CC3)ncc12. The number of aromatic nitrogens is 3. The summed E-state index contributed by atoms with van der Waals surface area (Å²) in [6.07, 6.45) is 4.15. The van der Waals surface area contributed by atoms with Gasteiger partial charge in [-0.15, -0.1) is 0 Å². The van der Waals surface area contributed by atoms with E-state index < -0.39 is 0 Å². The lowest BCUT2D eigenvalue weighted by Gasteiger charge is -2.21. The smallest absolute Gasteiger partial charge is 0.253 e. The first-order valence-electron chi connectivity index (χ1n) is 10.4. The molecule has 1 fully saturated rings. The molecule has 2 heterocycles. The minimum absolute atomic E-state index is 0.0537. The number of para-hydroxylation sites is 1. The number of nitrogens with one attached hydrogen (secondary N) is 1. The first kappa shape index (κ1) is 19.2. The van der Waals surface area contributed by atoms with Crippen LogP contribution in [0.5, 0.6) is 0 Å². The molecule has 0 aliphatic heterocycles. The van der Waals surface area contributed by atoms with Gasteiger partial charge in [-0.2, -0.15) is 0 Å². The predicted molar refractivity (Wildman–Crippen MR) is 124 cm³/mol. The Bertz CT molecular complexity index is 1280. The van der Waals surface area contributed by atoms with Crippen LogP contribution in [0.15, 0.2) is 54.7 Å². The molecule has 2 aromatic heterocycles. The van der Waals surface area contributed by atoms with Crippen LogP contribution >= 0.6 is 0 Å². The normalized spacial score (nSPS) is 13.4. The number of hydrogen-bond acceptors (Lipinski definition) is 6. The van der Waals surface area contributed by atoms with Crippen LogP contribution in [0, 0.1) is 0 Å². The molecular weight excluding hydrogens is 388 g/mol. The largest absolute Gasteiger partial charge is 0.351 e. The summed E-state index contributed by atoms with van der Waals surface area (Å²) in [5.74, 6) is 1.30. The third-order valence-corrected chi connectivity index (χ3v) is 5.54. The fourth-order valence-electron chi connectivity index (χ4n) is 3.65. The maximum absolute atomic E-state index is 12.5. The van der Waals surface area contributed by atoms with Crippen LogP contribution in [0.3, 0.4) is 0 Å². The van der Waals surface area contributed by atoms with E-state index in [1.165, 1.54) is 0 Å². The van der Waals surface area contributed by atoms with E-state index in [4.69, 9.17) is 9.97 Å². The standard InChI is InChI=1S/C24H24N6O/c1-29(2)23(31)15-9-12-18-19-14-25-24(26-16-10-11-16)28-21(19)22(27-20(18)13-15)30(3)17-7-5-4-6-8-17/h4-9,12-14,16H,10-11H2,1-3H3,(H,25,26,28). The predicted octanol–water partition coefficient (Wildman–Crippen LogP) is 4.22. The van der Waals surface area contributed by atoms with E-state index in [1.807, 2.05) is 66.7 Å². The molecule has 0 spiro atoms. The molecule has 0 bridgehead atoms. The van der Waals surface area contributed by atoms with E-state index in [9.17, 15) is 4.79 Å². The van der Waals surface area contributed by atoms with Gasteiger partial charge < -0.3 is 15.1 Å². The molecule has 7 nitrogen and oxygen atoms in total. The molecule has 0 saturated heterocycles. The molecule has 31 heavy (non-hydrogen) atoms. The van der Waals surface area contributed by atoms with Crippen molar-refractivity contribution in [2.24, 2.45) is 0 Å². The third-order valence-electron chi connectivity index (χ3n) is 5.54. The van der Waals surface area contributed by atoms with E-state index in [0.717, 1.165) is 46.2 Å². The molecule has 0 radical (unpaired) electrons. The topological polar surface area (TPSA) is 74.2 Å². The van der Waals surface area contributed by atoms with E-state index in [-0.39, 0.29) is 5.91 Å². The number of benzene rings is 2. The van der Waals surface area contributed by atoms with Crippen molar-refractivity contribution in [1.82, 2.24) is 19.9 Å². The maximum Gasteiger partial charge on any atom is 0.253 e. The first-order chi connectivity index (χ1) is 15.0. The van der Waals surface area contributed by atoms with Gasteiger partial charge in [0.2, 0.25) is 5.95 Å². The molecule has 4 aromatic rings. The van der Waals surface area contributed by atoms with Gasteiger partial charge >= 0.3 is 0 Å². The highest BCUT2D eigenvalue weighted by molar-refractivity contribution is 6.10. The zero-order valence-electron chi connectivity index (χ0n) is 17.8. The van der Waals surface area contributed by atoms with Crippen molar-refractivity contribution in [2.75, 3.05) is 31.4 Å². The Balaban J connectivity index is 1.73. The van der Waals surface area contributed by atoms with Crippen LogP contribution in [0.1, 0.15) is 23.2 Å². The van der Waals surface area contributed by atoms with Gasteiger partial charge in [0, 0.05) is 55.4 Å². The van der Waals surface area contributed by atoms with Crippen LogP contribution in [0.25, 0.3) is 21.8 Å². The second-order valence-corrected chi connectivity index (χ2v) is 8.14. The third kappa shape index (κ3) is 3.63. The van der Waals surface area contributed by atoms with Gasteiger partial charge in [0.1, 0.15) is 5.52 Å². The summed E-state index contributed by atoms with van der Waals surface area (Å²) in [6, 6.07) is 16.1. The zero-order valence-corrected chi connectivity index (χ0v) is 17.8. The zero-order chi connectivity index (χ0) is 21.5. The second kappa shape index (κ2) is 7.50. The van der Waals surface area contributed by atoms with Crippen LogP contribution in [0.4, 0.5) is 17.5 Å².